The zero-order chi connectivity index (χ0) is 17.7. The molecular weight excluding hydrogens is 338 g/mol. The first-order valence-electron chi connectivity index (χ1n) is 8.07. The molecule has 0 bridgehead atoms. The van der Waals surface area contributed by atoms with Gasteiger partial charge in [-0.25, -0.2) is 4.98 Å². The summed E-state index contributed by atoms with van der Waals surface area (Å²) in [4.78, 5) is 29.7. The van der Waals surface area contributed by atoms with Gasteiger partial charge in [-0.3, -0.25) is 9.59 Å². The van der Waals surface area contributed by atoms with Gasteiger partial charge in [-0.15, -0.1) is 0 Å². The molecule has 4 rings (SSSR count). The Labute approximate surface area is 147 Å². The minimum absolute atomic E-state index is 0.00743. The predicted molar refractivity (Wildman–Crippen MR) is 99.4 cm³/mol. The standard InChI is InChI=1S/C20H14ClNO3/c1-2-5-14(23)18-15-10-6-3-4-7-11(10)19(24)16-12(21)8-9-13(17(15)16)22-20(18)25/h3-4,6-9,23H,2,5H2,1H3/b18-14+. The zero-order valence-electron chi connectivity index (χ0n) is 13.5. The van der Waals surface area contributed by atoms with E-state index in [0.717, 1.165) is 0 Å². The van der Waals surface area contributed by atoms with E-state index in [0.29, 0.717) is 50.0 Å². The largest absolute Gasteiger partial charge is 0.511 e. The zero-order valence-corrected chi connectivity index (χ0v) is 14.2. The highest BCUT2D eigenvalue weighted by atomic mass is 35.5. The van der Waals surface area contributed by atoms with Gasteiger partial charge in [-0.05, 0) is 23.9 Å². The van der Waals surface area contributed by atoms with Gasteiger partial charge in [-0.2, -0.15) is 0 Å². The van der Waals surface area contributed by atoms with Gasteiger partial charge in [0.2, 0.25) is 0 Å². The Kier molecular flexibility index (Phi) is 3.58. The molecule has 2 aromatic carbocycles. The molecule has 0 fully saturated rings. The van der Waals surface area contributed by atoms with E-state index >= 15 is 0 Å². The summed E-state index contributed by atoms with van der Waals surface area (Å²) in [5, 5.41) is 13.5. The Balaban J connectivity index is 2.59. The van der Waals surface area contributed by atoms with Crippen molar-refractivity contribution in [1.82, 2.24) is 4.98 Å². The molecule has 0 saturated heterocycles. The fourth-order valence-corrected chi connectivity index (χ4v) is 3.71. The summed E-state index contributed by atoms with van der Waals surface area (Å²) in [6.45, 7) is 1.92. The van der Waals surface area contributed by atoms with E-state index in [-0.39, 0.29) is 16.4 Å². The minimum atomic E-state index is -0.495. The van der Waals surface area contributed by atoms with E-state index in [2.05, 4.69) is 4.98 Å². The molecule has 1 heterocycles. The molecule has 1 aliphatic carbocycles. The molecule has 0 radical (unpaired) electrons. The highest BCUT2D eigenvalue weighted by Gasteiger charge is 2.16. The van der Waals surface area contributed by atoms with Gasteiger partial charge in [-0.1, -0.05) is 42.8 Å². The molecular formula is C20H14ClNO3. The smallest absolute Gasteiger partial charge is 0.281 e. The van der Waals surface area contributed by atoms with Gasteiger partial charge in [0.05, 0.1) is 21.1 Å². The molecule has 0 atom stereocenters. The van der Waals surface area contributed by atoms with Crippen LogP contribution in [0.15, 0.2) is 46.0 Å². The quantitative estimate of drug-likeness (QED) is 0.602. The lowest BCUT2D eigenvalue weighted by molar-refractivity contribution is 0.475. The van der Waals surface area contributed by atoms with Crippen molar-refractivity contribution >= 4 is 39.0 Å². The maximum absolute atomic E-state index is 12.9. The lowest BCUT2D eigenvalue weighted by Crippen LogP contribution is -2.32. The van der Waals surface area contributed by atoms with Crippen molar-refractivity contribution in [2.24, 2.45) is 0 Å². The van der Waals surface area contributed by atoms with Crippen LogP contribution in [-0.2, 0) is 0 Å². The third-order valence-corrected chi connectivity index (χ3v) is 4.83. The molecule has 25 heavy (non-hydrogen) atoms. The van der Waals surface area contributed by atoms with Crippen LogP contribution >= 0.6 is 11.6 Å². The summed E-state index contributed by atoms with van der Waals surface area (Å²) in [5.74, 6) is -0.00743. The van der Waals surface area contributed by atoms with Crippen molar-refractivity contribution < 1.29 is 5.11 Å². The van der Waals surface area contributed by atoms with Gasteiger partial charge in [0, 0.05) is 22.2 Å². The van der Waals surface area contributed by atoms with Gasteiger partial charge in [0.15, 0.2) is 5.43 Å². The van der Waals surface area contributed by atoms with Gasteiger partial charge in [0.1, 0.15) is 5.76 Å². The van der Waals surface area contributed by atoms with Crippen molar-refractivity contribution in [2.45, 2.75) is 19.8 Å². The number of aliphatic hydroxyl groups excluding tert-OH is 1. The summed E-state index contributed by atoms with van der Waals surface area (Å²) in [6.07, 6.45) is 1.05. The monoisotopic (exact) mass is 351 g/mol. The molecule has 0 aromatic heterocycles. The van der Waals surface area contributed by atoms with E-state index in [4.69, 9.17) is 11.6 Å². The average molecular weight is 352 g/mol. The fraction of sp³-hybridized carbons (Fsp3) is 0.150. The highest BCUT2D eigenvalue weighted by Crippen LogP contribution is 2.23. The molecule has 0 saturated carbocycles. The number of nitrogens with zero attached hydrogens (tertiary/aromatic N) is 1. The van der Waals surface area contributed by atoms with E-state index in [1.54, 1.807) is 36.4 Å². The molecule has 2 aliphatic rings. The van der Waals surface area contributed by atoms with Crippen molar-refractivity contribution in [3.8, 4) is 0 Å². The Morgan fingerprint density at radius 2 is 1.80 bits per heavy atom. The first kappa shape index (κ1) is 15.8. The number of halogens is 1. The normalized spacial score (nSPS) is 13.0. The molecule has 124 valence electrons. The second kappa shape index (κ2) is 5.67. The maximum Gasteiger partial charge on any atom is 0.281 e. The second-order valence-corrected chi connectivity index (χ2v) is 6.46. The third kappa shape index (κ3) is 2.18. The van der Waals surface area contributed by atoms with Crippen LogP contribution in [0.5, 0.6) is 0 Å². The van der Waals surface area contributed by atoms with Crippen molar-refractivity contribution in [2.75, 3.05) is 0 Å². The lowest BCUT2D eigenvalue weighted by atomic mass is 9.98. The number of hydrogen-bond donors (Lipinski definition) is 1. The van der Waals surface area contributed by atoms with Gasteiger partial charge in [0.25, 0.3) is 5.56 Å². The number of hydrogen-bond acceptors (Lipinski definition) is 4. The Bertz CT molecular complexity index is 1360. The summed E-state index contributed by atoms with van der Waals surface area (Å²) >= 11 is 6.31. The molecule has 1 aliphatic heterocycles. The Morgan fingerprint density at radius 3 is 2.52 bits per heavy atom. The van der Waals surface area contributed by atoms with Gasteiger partial charge < -0.3 is 5.11 Å². The van der Waals surface area contributed by atoms with Crippen LogP contribution in [0, 0.1) is 10.4 Å². The summed E-state index contributed by atoms with van der Waals surface area (Å²) in [5.41, 5.74) is -0.277. The number of aliphatic hydroxyl groups is 1. The van der Waals surface area contributed by atoms with Crippen LogP contribution in [0.3, 0.4) is 0 Å². The van der Waals surface area contributed by atoms with E-state index in [1.807, 2.05) is 6.92 Å². The van der Waals surface area contributed by atoms with E-state index in [9.17, 15) is 14.7 Å². The number of rotatable bonds is 2. The number of benzene rings is 2. The molecule has 1 N–H and O–H groups in total. The van der Waals surface area contributed by atoms with Crippen LogP contribution in [0.1, 0.15) is 19.8 Å². The predicted octanol–water partition coefficient (Wildman–Crippen LogP) is 3.11. The molecule has 0 amide bonds. The maximum atomic E-state index is 12.9. The molecule has 2 aromatic rings. The fourth-order valence-electron chi connectivity index (χ4n) is 3.46. The molecule has 4 nitrogen and oxygen atoms in total. The van der Waals surface area contributed by atoms with E-state index in [1.165, 1.54) is 0 Å². The first-order valence-corrected chi connectivity index (χ1v) is 8.44. The Morgan fingerprint density at radius 1 is 1.08 bits per heavy atom. The summed E-state index contributed by atoms with van der Waals surface area (Å²) < 4.78 is 0. The van der Waals surface area contributed by atoms with Crippen molar-refractivity contribution in [1.29, 1.82) is 0 Å². The average Bonchev–Trinajstić information content (AvgIpc) is 2.60. The molecule has 5 heteroatoms. The topological polar surface area (TPSA) is 67.3 Å². The van der Waals surface area contributed by atoms with Crippen LogP contribution in [0.4, 0.5) is 0 Å². The van der Waals surface area contributed by atoms with Gasteiger partial charge >= 0.3 is 0 Å². The van der Waals surface area contributed by atoms with Crippen LogP contribution < -0.4 is 16.2 Å². The van der Waals surface area contributed by atoms with Crippen molar-refractivity contribution in [3.63, 3.8) is 0 Å². The highest BCUT2D eigenvalue weighted by molar-refractivity contribution is 6.34. The van der Waals surface area contributed by atoms with E-state index < -0.39 is 5.56 Å². The third-order valence-electron chi connectivity index (χ3n) is 4.51. The Hall–Kier alpha value is -2.72. The number of aromatic nitrogens is 1. The summed E-state index contributed by atoms with van der Waals surface area (Å²) in [6, 6.07) is 10.3. The van der Waals surface area contributed by atoms with Crippen molar-refractivity contribution in [3.05, 3.63) is 77.7 Å². The molecule has 0 spiro atoms. The first-order chi connectivity index (χ1) is 12.0. The van der Waals surface area contributed by atoms with Crippen LogP contribution in [0.2, 0.25) is 5.02 Å². The van der Waals surface area contributed by atoms with Crippen LogP contribution in [-0.4, -0.2) is 10.1 Å². The molecule has 0 unspecified atom stereocenters. The number of fused-ring (bicyclic) bond motifs is 2. The van der Waals surface area contributed by atoms with Crippen LogP contribution in [0.25, 0.3) is 27.4 Å². The SMILES string of the molecule is CCC/C(O)=c1\c(=O)nc2ccc(Cl)c3c2=c1c1ccccc1c3=O. The minimum Gasteiger partial charge on any atom is -0.511 e. The summed E-state index contributed by atoms with van der Waals surface area (Å²) in [7, 11) is 0. The second-order valence-electron chi connectivity index (χ2n) is 6.05. The lowest BCUT2D eigenvalue weighted by Gasteiger charge is -2.08.